The van der Waals surface area contributed by atoms with Gasteiger partial charge in [-0.05, 0) is 43.0 Å². The molecule has 1 aromatic rings. The normalized spacial score (nSPS) is 23.2. The van der Waals surface area contributed by atoms with E-state index in [1.54, 1.807) is 0 Å². The molecule has 0 aliphatic carbocycles. The van der Waals surface area contributed by atoms with Crippen molar-refractivity contribution < 1.29 is 9.47 Å². The summed E-state index contributed by atoms with van der Waals surface area (Å²) in [4.78, 5) is 2.53. The Bertz CT molecular complexity index is 464. The van der Waals surface area contributed by atoms with Crippen LogP contribution in [0.2, 0.25) is 0 Å². The predicted octanol–water partition coefficient (Wildman–Crippen LogP) is 2.54. The highest BCUT2D eigenvalue weighted by Gasteiger charge is 2.28. The summed E-state index contributed by atoms with van der Waals surface area (Å²) in [5.74, 6) is 2.53. The molecule has 1 saturated heterocycles. The van der Waals surface area contributed by atoms with Gasteiger partial charge in [-0.15, -0.1) is 0 Å². The molecular weight excluding hydrogens is 252 g/mol. The lowest BCUT2D eigenvalue weighted by Crippen LogP contribution is -2.32. The van der Waals surface area contributed by atoms with Gasteiger partial charge in [-0.1, -0.05) is 19.4 Å². The molecule has 4 heteroatoms. The quantitative estimate of drug-likeness (QED) is 0.898. The lowest BCUT2D eigenvalue weighted by atomic mass is 10.0. The lowest BCUT2D eigenvalue weighted by Gasteiger charge is -2.27. The first-order valence-corrected chi connectivity index (χ1v) is 7.65. The second-order valence-corrected chi connectivity index (χ2v) is 5.80. The van der Waals surface area contributed by atoms with Crippen LogP contribution in [0.1, 0.15) is 37.8 Å². The van der Waals surface area contributed by atoms with Gasteiger partial charge < -0.3 is 15.2 Å². The van der Waals surface area contributed by atoms with Crippen molar-refractivity contribution >= 4 is 0 Å². The maximum absolute atomic E-state index is 6.04. The van der Waals surface area contributed by atoms with Gasteiger partial charge in [-0.25, -0.2) is 0 Å². The van der Waals surface area contributed by atoms with Gasteiger partial charge in [0.05, 0.1) is 0 Å². The SMILES string of the molecule is CCCC1CCN(C(CN)c2ccc3c(c2)OCO3)C1. The minimum atomic E-state index is 0.298. The largest absolute Gasteiger partial charge is 0.454 e. The van der Waals surface area contributed by atoms with E-state index in [0.717, 1.165) is 24.0 Å². The van der Waals surface area contributed by atoms with Crippen LogP contribution < -0.4 is 15.2 Å². The first-order chi connectivity index (χ1) is 9.81. The smallest absolute Gasteiger partial charge is 0.231 e. The Balaban J connectivity index is 1.73. The summed E-state index contributed by atoms with van der Waals surface area (Å²) in [6.45, 7) is 5.57. The molecule has 3 rings (SSSR count). The van der Waals surface area contributed by atoms with E-state index in [2.05, 4.69) is 24.0 Å². The minimum absolute atomic E-state index is 0.298. The molecule has 0 aromatic heterocycles. The Hall–Kier alpha value is -1.26. The number of benzene rings is 1. The number of likely N-dealkylation sites (tertiary alicyclic amines) is 1. The van der Waals surface area contributed by atoms with Crippen LogP contribution in [0.3, 0.4) is 0 Å². The number of rotatable bonds is 5. The van der Waals surface area contributed by atoms with Crippen LogP contribution >= 0.6 is 0 Å². The third kappa shape index (κ3) is 2.63. The van der Waals surface area contributed by atoms with Crippen molar-refractivity contribution in [3.05, 3.63) is 23.8 Å². The number of nitrogens with two attached hydrogens (primary N) is 1. The fraction of sp³-hybridized carbons (Fsp3) is 0.625. The highest BCUT2D eigenvalue weighted by Crippen LogP contribution is 2.36. The van der Waals surface area contributed by atoms with Crippen LogP contribution in [0.15, 0.2) is 18.2 Å². The number of ether oxygens (including phenoxy) is 2. The Morgan fingerprint density at radius 1 is 1.35 bits per heavy atom. The van der Waals surface area contributed by atoms with Crippen molar-refractivity contribution in [1.82, 2.24) is 4.90 Å². The highest BCUT2D eigenvalue weighted by atomic mass is 16.7. The minimum Gasteiger partial charge on any atom is -0.454 e. The van der Waals surface area contributed by atoms with E-state index in [1.165, 1.54) is 31.4 Å². The molecule has 20 heavy (non-hydrogen) atoms. The molecule has 4 nitrogen and oxygen atoms in total. The number of hydrogen-bond donors (Lipinski definition) is 1. The van der Waals surface area contributed by atoms with E-state index in [-0.39, 0.29) is 0 Å². The van der Waals surface area contributed by atoms with E-state index < -0.39 is 0 Å². The zero-order valence-electron chi connectivity index (χ0n) is 12.2. The van der Waals surface area contributed by atoms with Gasteiger partial charge >= 0.3 is 0 Å². The van der Waals surface area contributed by atoms with Gasteiger partial charge in [-0.3, -0.25) is 4.90 Å². The number of fused-ring (bicyclic) bond motifs is 1. The molecule has 110 valence electrons. The fourth-order valence-corrected chi connectivity index (χ4v) is 3.41. The van der Waals surface area contributed by atoms with Crippen LogP contribution in [0.25, 0.3) is 0 Å². The molecule has 1 aromatic carbocycles. The predicted molar refractivity (Wildman–Crippen MR) is 78.9 cm³/mol. The number of nitrogens with zero attached hydrogens (tertiary/aromatic N) is 1. The summed E-state index contributed by atoms with van der Waals surface area (Å²) in [5.41, 5.74) is 7.28. The first kappa shape index (κ1) is 13.7. The topological polar surface area (TPSA) is 47.7 Å². The fourth-order valence-electron chi connectivity index (χ4n) is 3.41. The Labute approximate surface area is 120 Å². The van der Waals surface area contributed by atoms with Gasteiger partial charge in [0.15, 0.2) is 11.5 Å². The molecule has 0 spiro atoms. The van der Waals surface area contributed by atoms with Crippen LogP contribution in [-0.4, -0.2) is 31.3 Å². The molecule has 1 fully saturated rings. The molecular formula is C16H24N2O2. The van der Waals surface area contributed by atoms with Crippen molar-refractivity contribution in [3.8, 4) is 11.5 Å². The maximum Gasteiger partial charge on any atom is 0.231 e. The van der Waals surface area contributed by atoms with E-state index in [0.29, 0.717) is 19.4 Å². The van der Waals surface area contributed by atoms with Crippen LogP contribution in [0.4, 0.5) is 0 Å². The molecule has 2 heterocycles. The molecule has 2 unspecified atom stereocenters. The van der Waals surface area contributed by atoms with Crippen LogP contribution in [-0.2, 0) is 0 Å². The average Bonchev–Trinajstić information content (AvgIpc) is 3.09. The van der Waals surface area contributed by atoms with Crippen LogP contribution in [0.5, 0.6) is 11.5 Å². The summed E-state index contributed by atoms with van der Waals surface area (Å²) in [6, 6.07) is 6.51. The first-order valence-electron chi connectivity index (χ1n) is 7.65. The van der Waals surface area contributed by atoms with Crippen molar-refractivity contribution in [1.29, 1.82) is 0 Å². The summed E-state index contributed by atoms with van der Waals surface area (Å²) >= 11 is 0. The second kappa shape index (κ2) is 6.02. The molecule has 0 bridgehead atoms. The van der Waals surface area contributed by atoms with Crippen molar-refractivity contribution in [2.75, 3.05) is 26.4 Å². The lowest BCUT2D eigenvalue weighted by molar-refractivity contribution is 0.173. The Morgan fingerprint density at radius 3 is 3.00 bits per heavy atom. The molecule has 2 N–H and O–H groups in total. The van der Waals surface area contributed by atoms with Gasteiger partial charge in [0.2, 0.25) is 6.79 Å². The summed E-state index contributed by atoms with van der Waals surface area (Å²) in [6.07, 6.45) is 3.90. The van der Waals surface area contributed by atoms with Gasteiger partial charge in [0, 0.05) is 19.1 Å². The summed E-state index contributed by atoms with van der Waals surface area (Å²) in [5, 5.41) is 0. The van der Waals surface area contributed by atoms with Crippen molar-refractivity contribution in [2.24, 2.45) is 11.7 Å². The third-order valence-electron chi connectivity index (χ3n) is 4.46. The number of hydrogen-bond acceptors (Lipinski definition) is 4. The Kier molecular flexibility index (Phi) is 4.13. The van der Waals surface area contributed by atoms with Gasteiger partial charge in [0.25, 0.3) is 0 Å². The monoisotopic (exact) mass is 276 g/mol. The van der Waals surface area contributed by atoms with E-state index in [4.69, 9.17) is 15.2 Å². The van der Waals surface area contributed by atoms with E-state index in [9.17, 15) is 0 Å². The second-order valence-electron chi connectivity index (χ2n) is 5.80. The highest BCUT2D eigenvalue weighted by molar-refractivity contribution is 5.45. The molecule has 2 aliphatic rings. The average molecular weight is 276 g/mol. The summed E-state index contributed by atoms with van der Waals surface area (Å²) < 4.78 is 10.8. The van der Waals surface area contributed by atoms with Crippen LogP contribution in [0, 0.1) is 5.92 Å². The molecule has 0 amide bonds. The molecule has 0 saturated carbocycles. The van der Waals surface area contributed by atoms with Gasteiger partial charge in [0.1, 0.15) is 0 Å². The Morgan fingerprint density at radius 2 is 2.20 bits per heavy atom. The zero-order valence-corrected chi connectivity index (χ0v) is 12.2. The zero-order chi connectivity index (χ0) is 13.9. The van der Waals surface area contributed by atoms with Crippen molar-refractivity contribution in [2.45, 2.75) is 32.2 Å². The van der Waals surface area contributed by atoms with Gasteiger partial charge in [-0.2, -0.15) is 0 Å². The summed E-state index contributed by atoms with van der Waals surface area (Å²) in [7, 11) is 0. The van der Waals surface area contributed by atoms with Crippen molar-refractivity contribution in [3.63, 3.8) is 0 Å². The molecule has 2 atom stereocenters. The third-order valence-corrected chi connectivity index (χ3v) is 4.46. The molecule has 2 aliphatic heterocycles. The van der Waals surface area contributed by atoms with E-state index in [1.807, 2.05) is 6.07 Å². The molecule has 0 radical (unpaired) electrons. The maximum atomic E-state index is 6.04. The van der Waals surface area contributed by atoms with E-state index >= 15 is 0 Å². The standard InChI is InChI=1S/C16H24N2O2/c1-2-3-12-6-7-18(10-12)14(9-17)13-4-5-15-16(8-13)20-11-19-15/h4-5,8,12,14H,2-3,6-7,9-11,17H2,1H3.